The quantitative estimate of drug-likeness (QED) is 0.518. The van der Waals surface area contributed by atoms with Crippen molar-refractivity contribution in [3.63, 3.8) is 0 Å². The smallest absolute Gasteiger partial charge is 0.270 e. The van der Waals surface area contributed by atoms with Gasteiger partial charge in [-0.15, -0.1) is 0 Å². The summed E-state index contributed by atoms with van der Waals surface area (Å²) in [6, 6.07) is 18.7. The molecule has 3 aromatic rings. The zero-order chi connectivity index (χ0) is 19.6. The molecule has 0 radical (unpaired) electrons. The molecule has 0 unspecified atom stereocenters. The first kappa shape index (κ1) is 19.4. The van der Waals surface area contributed by atoms with Gasteiger partial charge in [-0.05, 0) is 36.8 Å². The Bertz CT molecular complexity index is 900. The van der Waals surface area contributed by atoms with Crippen LogP contribution in [-0.2, 0) is 0 Å². The predicted octanol–water partition coefficient (Wildman–Crippen LogP) is 4.93. The fourth-order valence-electron chi connectivity index (χ4n) is 2.61. The minimum atomic E-state index is -0.199. The van der Waals surface area contributed by atoms with Crippen LogP contribution in [-0.4, -0.2) is 22.4 Å². The van der Waals surface area contributed by atoms with Crippen LogP contribution in [0.3, 0.4) is 0 Å². The van der Waals surface area contributed by atoms with E-state index >= 15 is 0 Å². The molecule has 1 aromatic heterocycles. The number of unbranched alkanes of at least 4 members (excludes halogenated alkanes) is 2. The molecule has 6 heteroatoms. The lowest BCUT2D eigenvalue weighted by molar-refractivity contribution is 0.0948. The second-order valence-corrected chi connectivity index (χ2v) is 6.26. The average molecular weight is 376 g/mol. The van der Waals surface area contributed by atoms with Crippen molar-refractivity contribution in [2.45, 2.75) is 26.2 Å². The minimum Gasteiger partial charge on any atom is -0.455 e. The number of amides is 1. The Morgan fingerprint density at radius 3 is 2.61 bits per heavy atom. The molecule has 6 nitrogen and oxygen atoms in total. The summed E-state index contributed by atoms with van der Waals surface area (Å²) in [6.45, 7) is 2.77. The molecule has 0 aliphatic heterocycles. The van der Waals surface area contributed by atoms with E-state index in [2.05, 4.69) is 27.5 Å². The van der Waals surface area contributed by atoms with Gasteiger partial charge in [-0.3, -0.25) is 4.79 Å². The maximum absolute atomic E-state index is 12.3. The molecule has 0 saturated heterocycles. The number of nitrogens with one attached hydrogen (secondary N) is 2. The van der Waals surface area contributed by atoms with Crippen LogP contribution in [0.25, 0.3) is 0 Å². The summed E-state index contributed by atoms with van der Waals surface area (Å²) in [5.41, 5.74) is 1.04. The maximum atomic E-state index is 12.3. The van der Waals surface area contributed by atoms with Gasteiger partial charge in [0.1, 0.15) is 11.4 Å². The zero-order valence-corrected chi connectivity index (χ0v) is 15.9. The average Bonchev–Trinajstić information content (AvgIpc) is 2.73. The lowest BCUT2D eigenvalue weighted by Gasteiger charge is -2.12. The van der Waals surface area contributed by atoms with Crippen LogP contribution < -0.4 is 15.4 Å². The van der Waals surface area contributed by atoms with Gasteiger partial charge in [0.05, 0.1) is 5.69 Å². The largest absolute Gasteiger partial charge is 0.455 e. The van der Waals surface area contributed by atoms with Crippen LogP contribution in [0, 0.1) is 0 Å². The predicted molar refractivity (Wildman–Crippen MR) is 110 cm³/mol. The van der Waals surface area contributed by atoms with Gasteiger partial charge < -0.3 is 15.4 Å². The van der Waals surface area contributed by atoms with Crippen molar-refractivity contribution in [1.29, 1.82) is 0 Å². The van der Waals surface area contributed by atoms with Crippen molar-refractivity contribution in [1.82, 2.24) is 15.3 Å². The first-order valence-electron chi connectivity index (χ1n) is 9.46. The normalized spacial score (nSPS) is 10.3. The second kappa shape index (κ2) is 10.1. The first-order chi connectivity index (χ1) is 13.8. The van der Waals surface area contributed by atoms with Gasteiger partial charge in [0.15, 0.2) is 5.75 Å². The standard InChI is InChI=1S/C22H24N4O2/c1-2-3-9-15-23-21(27)19-14-16-24-22(26-19)25-18-12-7-8-13-20(18)28-17-10-5-4-6-11-17/h4-8,10-14,16H,2-3,9,15H2,1H3,(H,23,27)(H,24,25,26). The number of hydrogen-bond acceptors (Lipinski definition) is 5. The van der Waals surface area contributed by atoms with Crippen molar-refractivity contribution in [3.8, 4) is 11.5 Å². The van der Waals surface area contributed by atoms with Gasteiger partial charge in [0, 0.05) is 12.7 Å². The number of carbonyl (C=O) groups is 1. The van der Waals surface area contributed by atoms with E-state index < -0.39 is 0 Å². The molecule has 2 N–H and O–H groups in total. The van der Waals surface area contributed by atoms with Gasteiger partial charge in [-0.2, -0.15) is 0 Å². The topological polar surface area (TPSA) is 76.1 Å². The van der Waals surface area contributed by atoms with Crippen molar-refractivity contribution in [3.05, 3.63) is 72.6 Å². The van der Waals surface area contributed by atoms with Crippen molar-refractivity contribution in [2.24, 2.45) is 0 Å². The lowest BCUT2D eigenvalue weighted by atomic mass is 10.2. The summed E-state index contributed by atoms with van der Waals surface area (Å²) in [7, 11) is 0. The number of hydrogen-bond donors (Lipinski definition) is 2. The maximum Gasteiger partial charge on any atom is 0.270 e. The third-order valence-electron chi connectivity index (χ3n) is 4.06. The Morgan fingerprint density at radius 2 is 1.79 bits per heavy atom. The molecule has 144 valence electrons. The van der Waals surface area contributed by atoms with E-state index in [-0.39, 0.29) is 5.91 Å². The SMILES string of the molecule is CCCCCNC(=O)c1ccnc(Nc2ccccc2Oc2ccccc2)n1. The summed E-state index contributed by atoms with van der Waals surface area (Å²) in [5.74, 6) is 1.52. The molecule has 0 atom stereocenters. The van der Waals surface area contributed by atoms with Gasteiger partial charge in [-0.25, -0.2) is 9.97 Å². The Balaban J connectivity index is 1.70. The molecule has 3 rings (SSSR count). The third kappa shape index (κ3) is 5.54. The number of nitrogens with zero attached hydrogens (tertiary/aromatic N) is 2. The minimum absolute atomic E-state index is 0.199. The van der Waals surface area contributed by atoms with E-state index in [1.54, 1.807) is 12.3 Å². The van der Waals surface area contributed by atoms with Gasteiger partial charge in [0.2, 0.25) is 5.95 Å². The Hall–Kier alpha value is -3.41. The number of rotatable bonds is 9. The van der Waals surface area contributed by atoms with Crippen molar-refractivity contribution in [2.75, 3.05) is 11.9 Å². The Morgan fingerprint density at radius 1 is 1.00 bits per heavy atom. The molecule has 1 heterocycles. The monoisotopic (exact) mass is 376 g/mol. The number of para-hydroxylation sites is 3. The molecule has 0 bridgehead atoms. The highest BCUT2D eigenvalue weighted by atomic mass is 16.5. The summed E-state index contributed by atoms with van der Waals surface area (Å²) in [4.78, 5) is 20.8. The molecule has 0 fully saturated rings. The van der Waals surface area contributed by atoms with E-state index in [4.69, 9.17) is 4.74 Å². The van der Waals surface area contributed by atoms with Gasteiger partial charge >= 0.3 is 0 Å². The van der Waals surface area contributed by atoms with Crippen molar-refractivity contribution >= 4 is 17.5 Å². The zero-order valence-electron chi connectivity index (χ0n) is 15.9. The fraction of sp³-hybridized carbons (Fsp3) is 0.227. The van der Waals surface area contributed by atoms with E-state index in [9.17, 15) is 4.79 Å². The number of anilines is 2. The molecular weight excluding hydrogens is 352 g/mol. The first-order valence-corrected chi connectivity index (χ1v) is 9.46. The van der Waals surface area contributed by atoms with Crippen LogP contribution in [0.1, 0.15) is 36.7 Å². The number of carbonyl (C=O) groups excluding carboxylic acids is 1. The molecule has 0 saturated carbocycles. The van der Waals surface area contributed by atoms with Crippen LogP contribution >= 0.6 is 0 Å². The highest BCUT2D eigenvalue weighted by Crippen LogP contribution is 2.30. The van der Waals surface area contributed by atoms with Crippen LogP contribution in [0.5, 0.6) is 11.5 Å². The van der Waals surface area contributed by atoms with Gasteiger partial charge in [0.25, 0.3) is 5.91 Å². The van der Waals surface area contributed by atoms with E-state index in [0.717, 1.165) is 25.0 Å². The van der Waals surface area contributed by atoms with E-state index in [0.29, 0.717) is 29.6 Å². The lowest BCUT2D eigenvalue weighted by Crippen LogP contribution is -2.25. The van der Waals surface area contributed by atoms with Crippen LogP contribution in [0.4, 0.5) is 11.6 Å². The second-order valence-electron chi connectivity index (χ2n) is 6.26. The third-order valence-corrected chi connectivity index (χ3v) is 4.06. The highest BCUT2D eigenvalue weighted by Gasteiger charge is 2.10. The molecule has 0 aliphatic carbocycles. The molecule has 28 heavy (non-hydrogen) atoms. The van der Waals surface area contributed by atoms with Crippen molar-refractivity contribution < 1.29 is 9.53 Å². The molecule has 2 aromatic carbocycles. The molecular formula is C22H24N4O2. The van der Waals surface area contributed by atoms with Gasteiger partial charge in [-0.1, -0.05) is 50.1 Å². The fourth-order valence-corrected chi connectivity index (χ4v) is 2.61. The van der Waals surface area contributed by atoms with Crippen LogP contribution in [0.2, 0.25) is 0 Å². The summed E-state index contributed by atoms with van der Waals surface area (Å²) >= 11 is 0. The Kier molecular flexibility index (Phi) is 6.95. The summed E-state index contributed by atoms with van der Waals surface area (Å²) in [5, 5.41) is 6.02. The van der Waals surface area contributed by atoms with E-state index in [1.807, 2.05) is 54.6 Å². The Labute approximate surface area is 165 Å². The summed E-state index contributed by atoms with van der Waals surface area (Å²) < 4.78 is 5.94. The molecule has 0 aliphatic rings. The number of aromatic nitrogens is 2. The molecule has 0 spiro atoms. The number of ether oxygens (including phenoxy) is 1. The summed E-state index contributed by atoms with van der Waals surface area (Å²) in [6.07, 6.45) is 4.73. The highest BCUT2D eigenvalue weighted by molar-refractivity contribution is 5.92. The number of benzene rings is 2. The van der Waals surface area contributed by atoms with E-state index in [1.165, 1.54) is 0 Å². The van der Waals surface area contributed by atoms with Crippen LogP contribution in [0.15, 0.2) is 66.9 Å². The molecule has 1 amide bonds.